The van der Waals surface area contributed by atoms with E-state index in [-0.39, 0.29) is 5.91 Å². The number of thioether (sulfide) groups is 1. The molecule has 0 spiro atoms. The molecule has 0 bridgehead atoms. The third-order valence-electron chi connectivity index (χ3n) is 3.92. The summed E-state index contributed by atoms with van der Waals surface area (Å²) in [6, 6.07) is 0.937. The first-order chi connectivity index (χ1) is 10.1. The second-order valence-corrected chi connectivity index (χ2v) is 6.48. The van der Waals surface area contributed by atoms with Crippen LogP contribution in [-0.4, -0.2) is 45.8 Å². The number of hydrogen-bond donors (Lipinski definition) is 1. The average Bonchev–Trinajstić information content (AvgIpc) is 2.89. The average molecular weight is 312 g/mol. The molecular formula is C14H24N4O2S. The quantitative estimate of drug-likeness (QED) is 0.864. The van der Waals surface area contributed by atoms with Crippen LogP contribution in [0.4, 0.5) is 0 Å². The molecule has 1 amide bonds. The number of likely N-dealkylation sites (tertiary alicyclic amines) is 1. The van der Waals surface area contributed by atoms with Crippen molar-refractivity contribution in [3.63, 3.8) is 0 Å². The van der Waals surface area contributed by atoms with E-state index in [1.165, 1.54) is 19.3 Å². The number of nitrogens with zero attached hydrogens (tertiary/aromatic N) is 3. The Bertz CT molecular complexity index is 456. The van der Waals surface area contributed by atoms with Crippen LogP contribution in [0.25, 0.3) is 0 Å². The third kappa shape index (κ3) is 4.71. The maximum Gasteiger partial charge on any atom is 0.246 e. The van der Waals surface area contributed by atoms with Crippen LogP contribution in [-0.2, 0) is 17.1 Å². The molecule has 0 aliphatic carbocycles. The fourth-order valence-electron chi connectivity index (χ4n) is 2.73. The summed E-state index contributed by atoms with van der Waals surface area (Å²) in [7, 11) is 0. The normalized spacial score (nSPS) is 23.2. The van der Waals surface area contributed by atoms with Crippen LogP contribution in [0, 0.1) is 0 Å². The number of amides is 1. The summed E-state index contributed by atoms with van der Waals surface area (Å²) in [5.41, 5.74) is 0. The Morgan fingerprint density at radius 3 is 2.81 bits per heavy atom. The molecule has 2 heterocycles. The first kappa shape index (κ1) is 16.3. The van der Waals surface area contributed by atoms with Gasteiger partial charge in [-0.3, -0.25) is 9.69 Å². The summed E-state index contributed by atoms with van der Waals surface area (Å²) in [5, 5.41) is 6.71. The lowest BCUT2D eigenvalue weighted by atomic mass is 9.97. The van der Waals surface area contributed by atoms with E-state index in [0.29, 0.717) is 36.9 Å². The van der Waals surface area contributed by atoms with Gasteiger partial charge in [-0.15, -0.1) is 0 Å². The predicted octanol–water partition coefficient (Wildman–Crippen LogP) is 1.81. The lowest BCUT2D eigenvalue weighted by molar-refractivity contribution is -0.124. The van der Waals surface area contributed by atoms with E-state index < -0.39 is 0 Å². The van der Waals surface area contributed by atoms with Crippen LogP contribution in [0.5, 0.6) is 0 Å². The van der Waals surface area contributed by atoms with Crippen LogP contribution in [0.1, 0.15) is 44.8 Å². The highest BCUT2D eigenvalue weighted by atomic mass is 32.2. The molecule has 7 heteroatoms. The van der Waals surface area contributed by atoms with Gasteiger partial charge in [-0.25, -0.2) is 0 Å². The van der Waals surface area contributed by atoms with Gasteiger partial charge >= 0.3 is 0 Å². The highest BCUT2D eigenvalue weighted by molar-refractivity contribution is 7.97. The maximum absolute atomic E-state index is 12.1. The number of nitrogens with one attached hydrogen (secondary N) is 1. The Labute approximate surface area is 130 Å². The van der Waals surface area contributed by atoms with Crippen LogP contribution in [0.3, 0.4) is 0 Å². The van der Waals surface area contributed by atoms with Gasteiger partial charge in [0.15, 0.2) is 5.82 Å². The molecule has 0 saturated carbocycles. The predicted molar refractivity (Wildman–Crippen MR) is 82.8 cm³/mol. The number of aromatic nitrogens is 2. The molecule has 21 heavy (non-hydrogen) atoms. The molecule has 1 aromatic heterocycles. The van der Waals surface area contributed by atoms with Crippen molar-refractivity contribution in [3.05, 3.63) is 11.7 Å². The minimum atomic E-state index is 0.0141. The minimum Gasteiger partial charge on any atom is -0.346 e. The van der Waals surface area contributed by atoms with Crippen LogP contribution >= 0.6 is 11.8 Å². The SMILES string of the molecule is CSCc1noc(CNC(=O)CN2[C@H](C)CCC[C@@H]2C)n1. The van der Waals surface area contributed by atoms with Crippen molar-refractivity contribution in [2.24, 2.45) is 0 Å². The molecule has 0 aromatic carbocycles. The van der Waals surface area contributed by atoms with Crippen LogP contribution < -0.4 is 5.32 Å². The van der Waals surface area contributed by atoms with Gasteiger partial charge in [0.1, 0.15) is 0 Å². The summed E-state index contributed by atoms with van der Waals surface area (Å²) in [6.07, 6.45) is 5.57. The van der Waals surface area contributed by atoms with E-state index in [1.807, 2.05) is 6.26 Å². The van der Waals surface area contributed by atoms with E-state index in [2.05, 4.69) is 34.2 Å². The minimum absolute atomic E-state index is 0.0141. The lowest BCUT2D eigenvalue weighted by Crippen LogP contribution is -2.48. The second kappa shape index (κ2) is 7.79. The topological polar surface area (TPSA) is 71.3 Å². The summed E-state index contributed by atoms with van der Waals surface area (Å²) < 4.78 is 5.10. The Kier molecular flexibility index (Phi) is 6.05. The summed E-state index contributed by atoms with van der Waals surface area (Å²) >= 11 is 1.64. The highest BCUT2D eigenvalue weighted by Gasteiger charge is 2.26. The standard InChI is InChI=1S/C14H24N4O2S/c1-10-5-4-6-11(2)18(10)8-13(19)15-7-14-16-12(9-21-3)17-20-14/h10-11H,4-9H2,1-3H3,(H,15,19)/t10-,11+. The Balaban J connectivity index is 1.78. The molecule has 1 aromatic rings. The lowest BCUT2D eigenvalue weighted by Gasteiger charge is -2.38. The van der Waals surface area contributed by atoms with Crippen molar-refractivity contribution in [2.75, 3.05) is 12.8 Å². The van der Waals surface area contributed by atoms with Gasteiger partial charge in [0.2, 0.25) is 11.8 Å². The zero-order valence-corrected chi connectivity index (χ0v) is 13.8. The number of hydrogen-bond acceptors (Lipinski definition) is 6. The molecule has 1 aliphatic rings. The molecule has 1 fully saturated rings. The molecule has 0 radical (unpaired) electrons. The molecule has 2 atom stereocenters. The number of carbonyl (C=O) groups is 1. The first-order valence-electron chi connectivity index (χ1n) is 7.43. The van der Waals surface area contributed by atoms with E-state index in [4.69, 9.17) is 4.52 Å². The largest absolute Gasteiger partial charge is 0.346 e. The smallest absolute Gasteiger partial charge is 0.246 e. The fourth-order valence-corrected chi connectivity index (χ4v) is 3.11. The van der Waals surface area contributed by atoms with Crippen molar-refractivity contribution in [1.29, 1.82) is 0 Å². The first-order valence-corrected chi connectivity index (χ1v) is 8.82. The molecule has 0 unspecified atom stereocenters. The van der Waals surface area contributed by atoms with Gasteiger partial charge in [0, 0.05) is 12.1 Å². The molecular weight excluding hydrogens is 288 g/mol. The molecule has 118 valence electrons. The van der Waals surface area contributed by atoms with E-state index in [9.17, 15) is 4.79 Å². The van der Waals surface area contributed by atoms with Crippen LogP contribution in [0.2, 0.25) is 0 Å². The molecule has 2 rings (SSSR count). The van der Waals surface area contributed by atoms with Crippen molar-refractivity contribution in [1.82, 2.24) is 20.4 Å². The molecule has 1 aliphatic heterocycles. The van der Waals surface area contributed by atoms with Crippen molar-refractivity contribution >= 4 is 17.7 Å². The Morgan fingerprint density at radius 1 is 1.43 bits per heavy atom. The summed E-state index contributed by atoms with van der Waals surface area (Å²) in [4.78, 5) is 18.6. The Morgan fingerprint density at radius 2 is 2.14 bits per heavy atom. The number of carbonyl (C=O) groups excluding carboxylic acids is 1. The van der Waals surface area contributed by atoms with E-state index in [1.54, 1.807) is 11.8 Å². The molecule has 1 N–H and O–H groups in total. The zero-order valence-electron chi connectivity index (χ0n) is 13.0. The third-order valence-corrected chi connectivity index (χ3v) is 4.47. The summed E-state index contributed by atoms with van der Waals surface area (Å²) in [6.45, 7) is 5.12. The number of piperidine rings is 1. The molecule has 6 nitrogen and oxygen atoms in total. The molecule has 1 saturated heterocycles. The van der Waals surface area contributed by atoms with Gasteiger partial charge in [0.05, 0.1) is 18.8 Å². The zero-order chi connectivity index (χ0) is 15.2. The van der Waals surface area contributed by atoms with Crippen molar-refractivity contribution < 1.29 is 9.32 Å². The van der Waals surface area contributed by atoms with Gasteiger partial charge in [-0.05, 0) is 32.9 Å². The Hall–Kier alpha value is -1.08. The monoisotopic (exact) mass is 312 g/mol. The van der Waals surface area contributed by atoms with E-state index >= 15 is 0 Å². The van der Waals surface area contributed by atoms with Crippen molar-refractivity contribution in [2.45, 2.75) is 57.5 Å². The second-order valence-electron chi connectivity index (χ2n) is 5.62. The van der Waals surface area contributed by atoms with Gasteiger partial charge in [0.25, 0.3) is 0 Å². The van der Waals surface area contributed by atoms with Crippen molar-refractivity contribution in [3.8, 4) is 0 Å². The number of rotatable bonds is 6. The van der Waals surface area contributed by atoms with Gasteiger partial charge in [-0.1, -0.05) is 11.6 Å². The highest BCUT2D eigenvalue weighted by Crippen LogP contribution is 2.21. The fraction of sp³-hybridized carbons (Fsp3) is 0.786. The van der Waals surface area contributed by atoms with E-state index in [0.717, 1.165) is 5.75 Å². The van der Waals surface area contributed by atoms with Gasteiger partial charge in [-0.2, -0.15) is 16.7 Å². The van der Waals surface area contributed by atoms with Gasteiger partial charge < -0.3 is 9.84 Å². The summed E-state index contributed by atoms with van der Waals surface area (Å²) in [5.74, 6) is 1.87. The van der Waals surface area contributed by atoms with Crippen LogP contribution in [0.15, 0.2) is 4.52 Å². The maximum atomic E-state index is 12.1.